The van der Waals surface area contributed by atoms with Crippen molar-refractivity contribution in [1.29, 1.82) is 0 Å². The smallest absolute Gasteiger partial charge is 0.350 e. The van der Waals surface area contributed by atoms with Gasteiger partial charge in [-0.05, 0) is 29.2 Å². The predicted octanol–water partition coefficient (Wildman–Crippen LogP) is 5.57. The van der Waals surface area contributed by atoms with E-state index in [1.807, 2.05) is 11.4 Å². The van der Waals surface area contributed by atoms with Crippen LogP contribution in [0.2, 0.25) is 0 Å². The topological polar surface area (TPSA) is 56.8 Å². The first kappa shape index (κ1) is 22.6. The Balaban J connectivity index is 2.21. The molecule has 1 aromatic rings. The molecule has 0 radical (unpaired) electrons. The number of rotatable bonds is 3. The summed E-state index contributed by atoms with van der Waals surface area (Å²) in [6.07, 6.45) is 0. The van der Waals surface area contributed by atoms with Gasteiger partial charge in [-0.3, -0.25) is 0 Å². The molecule has 1 spiro atoms. The van der Waals surface area contributed by atoms with E-state index in [1.54, 1.807) is 0 Å². The summed E-state index contributed by atoms with van der Waals surface area (Å²) in [6.45, 7) is 21.7. The summed E-state index contributed by atoms with van der Waals surface area (Å²) >= 11 is 1.40. The number of methoxy groups -OCH3 is 1. The summed E-state index contributed by atoms with van der Waals surface area (Å²) in [5, 5.41) is 5.75. The van der Waals surface area contributed by atoms with Gasteiger partial charge in [-0.2, -0.15) is 0 Å². The lowest BCUT2D eigenvalue weighted by Gasteiger charge is -2.75. The lowest BCUT2D eigenvalue weighted by Crippen LogP contribution is -2.81. The van der Waals surface area contributed by atoms with Gasteiger partial charge >= 0.3 is 5.97 Å². The first-order chi connectivity index (χ1) is 13.1. The Morgan fingerprint density at radius 3 is 1.86 bits per heavy atom. The molecule has 6 heteroatoms. The summed E-state index contributed by atoms with van der Waals surface area (Å²) in [4.78, 5) is 12.9. The molecule has 1 aromatic heterocycles. The van der Waals surface area contributed by atoms with Gasteiger partial charge in [0.2, 0.25) is 0 Å². The molecule has 1 aliphatic heterocycles. The number of carbonyl (C=O) groups is 1. The molecule has 29 heavy (non-hydrogen) atoms. The minimum Gasteiger partial charge on any atom is -0.465 e. The van der Waals surface area contributed by atoms with Crippen molar-refractivity contribution in [3.05, 3.63) is 16.3 Å². The molecule has 2 heterocycles. The van der Waals surface area contributed by atoms with E-state index in [0.29, 0.717) is 18.1 Å². The normalized spacial score (nSPS) is 27.5. The highest BCUT2D eigenvalue weighted by Gasteiger charge is 2.79. The number of thiophene rings is 1. The Labute approximate surface area is 179 Å². The SMILES string of the molecule is COC(=O)c1sccc1NC1(C)C(C)(C)C(C)(C)C2(OCCO2)C(C)(C)C1(C)C. The predicted molar refractivity (Wildman–Crippen MR) is 117 cm³/mol. The van der Waals surface area contributed by atoms with Gasteiger partial charge in [0.1, 0.15) is 4.88 Å². The number of hydrogen-bond acceptors (Lipinski definition) is 6. The van der Waals surface area contributed by atoms with Crippen molar-refractivity contribution in [2.45, 2.75) is 73.6 Å². The molecule has 0 amide bonds. The average molecular weight is 424 g/mol. The lowest BCUT2D eigenvalue weighted by atomic mass is 9.35. The molecule has 1 aliphatic carbocycles. The van der Waals surface area contributed by atoms with Crippen LogP contribution in [0.15, 0.2) is 11.4 Å². The molecular formula is C23H37NO4S. The standard InChI is InChI=1S/C23H37NO4S/c1-18(2)20(5,6)23(27-12-13-28-23)21(7,8)19(3,4)22(18,9)24-15-11-14-29-16(15)17(25)26-10/h11,14,24H,12-13H2,1-10H3. The molecule has 1 saturated heterocycles. The fourth-order valence-electron chi connectivity index (χ4n) is 6.01. The molecule has 0 atom stereocenters. The number of hydrogen-bond donors (Lipinski definition) is 1. The largest absolute Gasteiger partial charge is 0.465 e. The van der Waals surface area contributed by atoms with Gasteiger partial charge in [-0.1, -0.05) is 55.4 Å². The van der Waals surface area contributed by atoms with Crippen molar-refractivity contribution in [3.8, 4) is 0 Å². The zero-order chi connectivity index (χ0) is 22.1. The Morgan fingerprint density at radius 1 is 0.931 bits per heavy atom. The van der Waals surface area contributed by atoms with E-state index in [-0.39, 0.29) is 27.6 Å². The average Bonchev–Trinajstić information content (AvgIpc) is 3.29. The first-order valence-corrected chi connectivity index (χ1v) is 11.2. The molecule has 2 aliphatic rings. The van der Waals surface area contributed by atoms with Crippen LogP contribution < -0.4 is 5.32 Å². The van der Waals surface area contributed by atoms with Crippen LogP contribution in [0.1, 0.15) is 72.0 Å². The maximum absolute atomic E-state index is 12.3. The van der Waals surface area contributed by atoms with Gasteiger partial charge in [-0.25, -0.2) is 4.79 Å². The second-order valence-electron chi connectivity index (χ2n) is 10.7. The van der Waals surface area contributed by atoms with Gasteiger partial charge in [0, 0.05) is 16.4 Å². The molecule has 1 N–H and O–H groups in total. The van der Waals surface area contributed by atoms with Crippen molar-refractivity contribution in [2.75, 3.05) is 25.6 Å². The van der Waals surface area contributed by atoms with Crippen LogP contribution in [0, 0.1) is 21.7 Å². The van der Waals surface area contributed by atoms with Gasteiger partial charge < -0.3 is 19.5 Å². The van der Waals surface area contributed by atoms with Crippen LogP contribution in [0.5, 0.6) is 0 Å². The third-order valence-electron chi connectivity index (χ3n) is 9.39. The fourth-order valence-corrected chi connectivity index (χ4v) is 6.78. The molecule has 3 rings (SSSR count). The van der Waals surface area contributed by atoms with E-state index in [2.05, 4.69) is 67.6 Å². The quantitative estimate of drug-likeness (QED) is 0.644. The van der Waals surface area contributed by atoms with Crippen LogP contribution in [-0.4, -0.2) is 37.6 Å². The Kier molecular flexibility index (Phi) is 5.02. The zero-order valence-corrected chi connectivity index (χ0v) is 20.4. The molecule has 5 nitrogen and oxygen atoms in total. The minimum absolute atomic E-state index is 0.265. The highest BCUT2D eigenvalue weighted by molar-refractivity contribution is 7.12. The van der Waals surface area contributed by atoms with E-state index >= 15 is 0 Å². The molecule has 1 saturated carbocycles. The Bertz CT molecular complexity index is 770. The van der Waals surface area contributed by atoms with E-state index in [0.717, 1.165) is 5.69 Å². The van der Waals surface area contributed by atoms with Gasteiger partial charge in [-0.15, -0.1) is 11.3 Å². The zero-order valence-electron chi connectivity index (χ0n) is 19.6. The summed E-state index contributed by atoms with van der Waals surface area (Å²) < 4.78 is 17.9. The highest BCUT2D eigenvalue weighted by atomic mass is 32.1. The molecule has 0 unspecified atom stereocenters. The summed E-state index contributed by atoms with van der Waals surface area (Å²) in [7, 11) is 1.42. The lowest BCUT2D eigenvalue weighted by molar-refractivity contribution is -0.379. The maximum atomic E-state index is 12.3. The van der Waals surface area contributed by atoms with Gasteiger partial charge in [0.25, 0.3) is 0 Å². The Morgan fingerprint density at radius 2 is 1.41 bits per heavy atom. The second-order valence-corrected chi connectivity index (χ2v) is 11.6. The molecule has 0 bridgehead atoms. The van der Waals surface area contributed by atoms with Crippen LogP contribution in [0.4, 0.5) is 5.69 Å². The van der Waals surface area contributed by atoms with Crippen molar-refractivity contribution >= 4 is 23.0 Å². The fraction of sp³-hybridized carbons (Fsp3) is 0.783. The summed E-state index contributed by atoms with van der Waals surface area (Å²) in [6, 6.07) is 1.97. The van der Waals surface area contributed by atoms with E-state index < -0.39 is 11.3 Å². The molecule has 2 fully saturated rings. The monoisotopic (exact) mass is 423 g/mol. The van der Waals surface area contributed by atoms with Crippen LogP contribution >= 0.6 is 11.3 Å². The van der Waals surface area contributed by atoms with Gasteiger partial charge in [0.05, 0.1) is 26.0 Å². The third kappa shape index (κ3) is 2.42. The number of carbonyl (C=O) groups excluding carboxylic acids is 1. The first-order valence-electron chi connectivity index (χ1n) is 10.4. The summed E-state index contributed by atoms with van der Waals surface area (Å²) in [5.41, 5.74) is -0.743. The van der Waals surface area contributed by atoms with E-state index in [1.165, 1.54) is 18.4 Å². The van der Waals surface area contributed by atoms with Crippen molar-refractivity contribution in [3.63, 3.8) is 0 Å². The van der Waals surface area contributed by atoms with Crippen LogP contribution in [0.25, 0.3) is 0 Å². The highest BCUT2D eigenvalue weighted by Crippen LogP contribution is 2.74. The third-order valence-corrected chi connectivity index (χ3v) is 10.3. The molecular weight excluding hydrogens is 386 g/mol. The Hall–Kier alpha value is -1.11. The number of anilines is 1. The number of ether oxygens (including phenoxy) is 3. The van der Waals surface area contributed by atoms with E-state index in [4.69, 9.17) is 14.2 Å². The van der Waals surface area contributed by atoms with E-state index in [9.17, 15) is 4.79 Å². The van der Waals surface area contributed by atoms with Crippen LogP contribution in [0.3, 0.4) is 0 Å². The maximum Gasteiger partial charge on any atom is 0.350 e. The number of nitrogens with one attached hydrogen (secondary N) is 1. The number of esters is 1. The van der Waals surface area contributed by atoms with Crippen molar-refractivity contribution in [1.82, 2.24) is 0 Å². The van der Waals surface area contributed by atoms with Crippen LogP contribution in [-0.2, 0) is 14.2 Å². The van der Waals surface area contributed by atoms with Gasteiger partial charge in [0.15, 0.2) is 5.79 Å². The molecule has 164 valence electrons. The summed E-state index contributed by atoms with van der Waals surface area (Å²) in [5.74, 6) is -1.01. The minimum atomic E-state index is -0.700. The van der Waals surface area contributed by atoms with Crippen molar-refractivity contribution < 1.29 is 19.0 Å². The molecule has 0 aromatic carbocycles. The van der Waals surface area contributed by atoms with Crippen molar-refractivity contribution in [2.24, 2.45) is 21.7 Å². The second kappa shape index (κ2) is 6.44.